The van der Waals surface area contributed by atoms with Crippen molar-refractivity contribution >= 4 is 34.6 Å². The highest BCUT2D eigenvalue weighted by Crippen LogP contribution is 2.13. The molecular formula is C14H16N6O3S. The number of benzene rings is 1. The van der Waals surface area contributed by atoms with Crippen molar-refractivity contribution in [1.82, 2.24) is 15.2 Å². The van der Waals surface area contributed by atoms with E-state index < -0.39 is 4.92 Å². The van der Waals surface area contributed by atoms with E-state index in [9.17, 15) is 14.9 Å². The number of nitrogens with two attached hydrogens (primary N) is 1. The Hall–Kier alpha value is -3.01. The quantitative estimate of drug-likeness (QED) is 0.474. The number of aromatic nitrogens is 2. The van der Waals surface area contributed by atoms with Gasteiger partial charge in [0.05, 0.1) is 17.2 Å². The van der Waals surface area contributed by atoms with Crippen LogP contribution in [0.3, 0.4) is 0 Å². The van der Waals surface area contributed by atoms with Crippen LogP contribution in [0.2, 0.25) is 0 Å². The molecule has 0 bridgehead atoms. The van der Waals surface area contributed by atoms with Gasteiger partial charge in [-0.05, 0) is 31.3 Å². The molecule has 0 spiro atoms. The Kier molecular flexibility index (Phi) is 5.42. The summed E-state index contributed by atoms with van der Waals surface area (Å²) in [6, 6.07) is 7.31. The third-order valence-corrected chi connectivity index (χ3v) is 3.33. The summed E-state index contributed by atoms with van der Waals surface area (Å²) in [6.07, 6.45) is 2.45. The van der Waals surface area contributed by atoms with Crippen molar-refractivity contribution in [2.45, 2.75) is 19.9 Å². The Morgan fingerprint density at radius 2 is 2.12 bits per heavy atom. The van der Waals surface area contributed by atoms with Crippen LogP contribution < -0.4 is 16.2 Å². The van der Waals surface area contributed by atoms with Crippen LogP contribution in [0, 0.1) is 17.0 Å². The fourth-order valence-electron chi connectivity index (χ4n) is 1.91. The minimum atomic E-state index is -0.546. The zero-order valence-electron chi connectivity index (χ0n) is 12.9. The second kappa shape index (κ2) is 7.51. The largest absolute Gasteiger partial charge is 0.374 e. The molecule has 0 aliphatic carbocycles. The predicted molar refractivity (Wildman–Crippen MR) is 92.1 cm³/mol. The van der Waals surface area contributed by atoms with Crippen LogP contribution in [0.5, 0.6) is 0 Å². The van der Waals surface area contributed by atoms with Crippen LogP contribution in [0.1, 0.15) is 12.0 Å². The van der Waals surface area contributed by atoms with Gasteiger partial charge in [-0.25, -0.2) is 5.01 Å². The van der Waals surface area contributed by atoms with E-state index in [0.29, 0.717) is 5.69 Å². The van der Waals surface area contributed by atoms with Gasteiger partial charge in [-0.2, -0.15) is 5.10 Å². The van der Waals surface area contributed by atoms with Crippen molar-refractivity contribution in [3.05, 3.63) is 52.3 Å². The first kappa shape index (κ1) is 17.3. The molecule has 9 nitrogen and oxygen atoms in total. The van der Waals surface area contributed by atoms with Crippen LogP contribution in [0.25, 0.3) is 0 Å². The van der Waals surface area contributed by atoms with Gasteiger partial charge in [0.1, 0.15) is 12.4 Å². The van der Waals surface area contributed by atoms with Gasteiger partial charge in [-0.1, -0.05) is 17.7 Å². The average molecular weight is 348 g/mol. The lowest BCUT2D eigenvalue weighted by atomic mass is 10.2. The summed E-state index contributed by atoms with van der Waals surface area (Å²) in [5.41, 5.74) is 9.83. The summed E-state index contributed by atoms with van der Waals surface area (Å²) < 4.78 is 1.33. The van der Waals surface area contributed by atoms with Crippen molar-refractivity contribution in [2.24, 2.45) is 5.73 Å². The summed E-state index contributed by atoms with van der Waals surface area (Å²) in [4.78, 5) is 22.1. The number of anilines is 1. The minimum absolute atomic E-state index is 0.00179. The number of nitrogens with one attached hydrogen (secondary N) is 1. The van der Waals surface area contributed by atoms with E-state index in [1.807, 2.05) is 19.1 Å². The van der Waals surface area contributed by atoms with Gasteiger partial charge in [-0.15, -0.1) is 0 Å². The number of nitro groups is 1. The van der Waals surface area contributed by atoms with Crippen molar-refractivity contribution in [3.8, 4) is 0 Å². The van der Waals surface area contributed by atoms with Gasteiger partial charge >= 0.3 is 5.69 Å². The highest BCUT2D eigenvalue weighted by molar-refractivity contribution is 7.80. The molecule has 1 aromatic carbocycles. The monoisotopic (exact) mass is 348 g/mol. The summed E-state index contributed by atoms with van der Waals surface area (Å²) in [7, 11) is 0. The third-order valence-electron chi connectivity index (χ3n) is 3.15. The highest BCUT2D eigenvalue weighted by Gasteiger charge is 2.14. The summed E-state index contributed by atoms with van der Waals surface area (Å²) >= 11 is 4.96. The first-order valence-corrected chi connectivity index (χ1v) is 7.40. The van der Waals surface area contributed by atoms with Gasteiger partial charge in [-0.3, -0.25) is 25.0 Å². The van der Waals surface area contributed by atoms with Crippen LogP contribution in [-0.2, 0) is 11.3 Å². The topological polar surface area (TPSA) is 119 Å². The number of aryl methyl sites for hydroxylation is 2. The van der Waals surface area contributed by atoms with Crippen molar-refractivity contribution in [1.29, 1.82) is 0 Å². The Morgan fingerprint density at radius 3 is 2.67 bits per heavy atom. The maximum absolute atomic E-state index is 12.1. The van der Waals surface area contributed by atoms with Crippen LogP contribution >= 0.6 is 12.2 Å². The molecule has 2 rings (SSSR count). The molecule has 3 N–H and O–H groups in total. The smallest absolute Gasteiger partial charge is 0.306 e. The number of hydrazine groups is 1. The molecule has 0 atom stereocenters. The molecule has 2 aromatic rings. The molecule has 1 amide bonds. The number of carbonyl (C=O) groups is 1. The molecule has 0 saturated heterocycles. The van der Waals surface area contributed by atoms with E-state index in [1.165, 1.54) is 15.9 Å². The van der Waals surface area contributed by atoms with Gasteiger partial charge in [0, 0.05) is 6.42 Å². The van der Waals surface area contributed by atoms with Gasteiger partial charge in [0.25, 0.3) is 0 Å². The maximum Gasteiger partial charge on any atom is 0.306 e. The SMILES string of the molecule is Cc1ccc(N(NC(=O)CCn2cc([N+](=O)[O-])cn2)C(N)=S)cc1. The first-order chi connectivity index (χ1) is 11.4. The van der Waals surface area contributed by atoms with E-state index in [4.69, 9.17) is 18.0 Å². The van der Waals surface area contributed by atoms with E-state index in [-0.39, 0.29) is 29.7 Å². The van der Waals surface area contributed by atoms with Crippen LogP contribution in [0.15, 0.2) is 36.7 Å². The molecule has 10 heteroatoms. The van der Waals surface area contributed by atoms with Crippen LogP contribution in [0.4, 0.5) is 11.4 Å². The Morgan fingerprint density at radius 1 is 1.46 bits per heavy atom. The van der Waals surface area contributed by atoms with E-state index >= 15 is 0 Å². The van der Waals surface area contributed by atoms with E-state index in [1.54, 1.807) is 12.1 Å². The highest BCUT2D eigenvalue weighted by atomic mass is 32.1. The van der Waals surface area contributed by atoms with E-state index in [2.05, 4.69) is 10.5 Å². The fraction of sp³-hybridized carbons (Fsp3) is 0.214. The lowest BCUT2D eigenvalue weighted by molar-refractivity contribution is -0.385. The molecule has 24 heavy (non-hydrogen) atoms. The van der Waals surface area contributed by atoms with Crippen molar-refractivity contribution in [2.75, 3.05) is 5.01 Å². The number of nitrogens with zero attached hydrogens (tertiary/aromatic N) is 4. The Balaban J connectivity index is 1.96. The molecule has 126 valence electrons. The maximum atomic E-state index is 12.1. The summed E-state index contributed by atoms with van der Waals surface area (Å²) in [5, 5.41) is 15.7. The zero-order valence-corrected chi connectivity index (χ0v) is 13.7. The fourth-order valence-corrected chi connectivity index (χ4v) is 2.06. The number of carbonyl (C=O) groups excluding carboxylic acids is 1. The number of hydrogen-bond acceptors (Lipinski definition) is 5. The van der Waals surface area contributed by atoms with Crippen molar-refractivity contribution < 1.29 is 9.72 Å². The van der Waals surface area contributed by atoms with Crippen molar-refractivity contribution in [3.63, 3.8) is 0 Å². The molecule has 0 unspecified atom stereocenters. The summed E-state index contributed by atoms with van der Waals surface area (Å²) in [5.74, 6) is -0.346. The minimum Gasteiger partial charge on any atom is -0.374 e. The molecule has 1 aromatic heterocycles. The zero-order chi connectivity index (χ0) is 17.7. The number of thiocarbonyl (C=S) groups is 1. The van der Waals surface area contributed by atoms with Gasteiger partial charge in [0.15, 0.2) is 5.11 Å². The Bertz CT molecular complexity index is 758. The van der Waals surface area contributed by atoms with Gasteiger partial charge in [0.2, 0.25) is 5.91 Å². The standard InChI is InChI=1S/C14H16N6O3S/c1-10-2-4-11(5-3-10)19(14(15)24)17-13(21)6-7-18-9-12(8-16-18)20(22)23/h2-5,8-9H,6-7H2,1H3,(H2,15,24)(H,17,21). The molecule has 0 saturated carbocycles. The number of amides is 1. The lowest BCUT2D eigenvalue weighted by Crippen LogP contribution is -2.49. The summed E-state index contributed by atoms with van der Waals surface area (Å²) in [6.45, 7) is 2.13. The molecular weight excluding hydrogens is 332 g/mol. The Labute approximate surface area is 143 Å². The molecule has 1 heterocycles. The lowest BCUT2D eigenvalue weighted by Gasteiger charge is -2.23. The molecule has 0 fully saturated rings. The predicted octanol–water partition coefficient (Wildman–Crippen LogP) is 1.27. The second-order valence-electron chi connectivity index (χ2n) is 5.01. The molecule has 0 aliphatic rings. The molecule has 0 aliphatic heterocycles. The molecule has 0 radical (unpaired) electrons. The second-order valence-corrected chi connectivity index (χ2v) is 5.43. The van der Waals surface area contributed by atoms with E-state index in [0.717, 1.165) is 11.8 Å². The normalized spacial score (nSPS) is 10.2. The number of rotatable bonds is 5. The van der Waals surface area contributed by atoms with Crippen LogP contribution in [-0.4, -0.2) is 25.7 Å². The van der Waals surface area contributed by atoms with Gasteiger partial charge < -0.3 is 5.73 Å². The third kappa shape index (κ3) is 4.49. The average Bonchev–Trinajstić information content (AvgIpc) is 3.00. The first-order valence-electron chi connectivity index (χ1n) is 6.99. The number of hydrogen-bond donors (Lipinski definition) is 2.